The van der Waals surface area contributed by atoms with Crippen molar-refractivity contribution in [2.75, 3.05) is 24.3 Å². The lowest BCUT2D eigenvalue weighted by Gasteiger charge is -2.15. The zero-order valence-electron chi connectivity index (χ0n) is 17.9. The van der Waals surface area contributed by atoms with Gasteiger partial charge in [-0.2, -0.15) is 0 Å². The lowest BCUT2D eigenvalue weighted by atomic mass is 9.99. The number of aromatic nitrogens is 1. The van der Waals surface area contributed by atoms with Crippen molar-refractivity contribution in [2.24, 2.45) is 0 Å². The van der Waals surface area contributed by atoms with Crippen molar-refractivity contribution in [3.05, 3.63) is 89.2 Å². The molecule has 0 unspecified atom stereocenters. The van der Waals surface area contributed by atoms with Crippen molar-refractivity contribution in [2.45, 2.75) is 13.5 Å². The molecule has 1 aliphatic rings. The van der Waals surface area contributed by atoms with Gasteiger partial charge in [0, 0.05) is 35.8 Å². The highest BCUT2D eigenvalue weighted by atomic mass is 16.5. The molecule has 3 N–H and O–H groups in total. The number of methoxy groups -OCH3 is 1. The molecule has 7 heteroatoms. The first-order valence-corrected chi connectivity index (χ1v) is 10.4. The first-order chi connectivity index (χ1) is 15.6. The van der Waals surface area contributed by atoms with E-state index < -0.39 is 5.97 Å². The molecule has 32 heavy (non-hydrogen) atoms. The van der Waals surface area contributed by atoms with Crippen molar-refractivity contribution >= 4 is 34.5 Å². The molecule has 1 aromatic heterocycles. The van der Waals surface area contributed by atoms with Crippen LogP contribution in [0.2, 0.25) is 0 Å². The highest BCUT2D eigenvalue weighted by molar-refractivity contribution is 6.37. The average Bonchev–Trinajstić information content (AvgIpc) is 3.16. The predicted molar refractivity (Wildman–Crippen MR) is 125 cm³/mol. The molecule has 162 valence electrons. The van der Waals surface area contributed by atoms with Gasteiger partial charge in [-0.1, -0.05) is 25.1 Å². The van der Waals surface area contributed by atoms with Crippen LogP contribution in [-0.4, -0.2) is 30.5 Å². The molecule has 3 aromatic rings. The third-order valence-corrected chi connectivity index (χ3v) is 5.19. The van der Waals surface area contributed by atoms with Gasteiger partial charge in [-0.25, -0.2) is 4.79 Å². The number of nitrogens with zero attached hydrogens (tertiary/aromatic N) is 1. The first kappa shape index (κ1) is 21.3. The topological polar surface area (TPSA) is 92.3 Å². The Morgan fingerprint density at radius 3 is 2.59 bits per heavy atom. The maximum absolute atomic E-state index is 13.0. The molecule has 2 heterocycles. The Labute approximate surface area is 186 Å². The van der Waals surface area contributed by atoms with Crippen LogP contribution in [-0.2, 0) is 16.1 Å². The minimum Gasteiger partial charge on any atom is -0.465 e. The molecular weight excluding hydrogens is 404 g/mol. The third kappa shape index (κ3) is 4.38. The van der Waals surface area contributed by atoms with Crippen molar-refractivity contribution < 1.29 is 14.3 Å². The van der Waals surface area contributed by atoms with E-state index in [4.69, 9.17) is 4.74 Å². The molecule has 2 aromatic carbocycles. The smallest absolute Gasteiger partial charge is 0.337 e. The fourth-order valence-corrected chi connectivity index (χ4v) is 3.58. The van der Waals surface area contributed by atoms with Gasteiger partial charge in [-0.15, -0.1) is 0 Å². The SMILES string of the molecule is CCNCc1ccc(N/C(=C2\C(=O)Nc3cc(C(=O)OC)ccc32)c2cccnc2)cc1. The molecule has 0 radical (unpaired) electrons. The molecule has 0 spiro atoms. The molecule has 0 fully saturated rings. The van der Waals surface area contributed by atoms with Crippen LogP contribution in [0.15, 0.2) is 67.0 Å². The molecule has 7 nitrogen and oxygen atoms in total. The number of esters is 1. The van der Waals surface area contributed by atoms with E-state index in [1.807, 2.05) is 36.4 Å². The fourth-order valence-electron chi connectivity index (χ4n) is 3.58. The van der Waals surface area contributed by atoms with Crippen LogP contribution in [0, 0.1) is 0 Å². The van der Waals surface area contributed by atoms with Crippen molar-refractivity contribution in [1.29, 1.82) is 0 Å². The Morgan fingerprint density at radius 2 is 1.91 bits per heavy atom. The van der Waals surface area contributed by atoms with Crippen LogP contribution in [0.25, 0.3) is 11.3 Å². The number of nitrogens with one attached hydrogen (secondary N) is 3. The lowest BCUT2D eigenvalue weighted by molar-refractivity contribution is -0.110. The van der Waals surface area contributed by atoms with Crippen molar-refractivity contribution in [3.8, 4) is 0 Å². The first-order valence-electron chi connectivity index (χ1n) is 10.4. The fraction of sp³-hybridized carbons (Fsp3) is 0.160. The standard InChI is InChI=1S/C25H24N4O3/c1-3-26-14-16-6-9-19(10-7-16)28-23(18-5-4-12-27-15-18)22-20-11-8-17(25(31)32-2)13-21(20)29-24(22)30/h4-13,15,26,28H,3,14H2,1-2H3,(H,29,30)/b23-22-. The Kier molecular flexibility index (Phi) is 6.28. The van der Waals surface area contributed by atoms with Crippen molar-refractivity contribution in [3.63, 3.8) is 0 Å². The van der Waals surface area contributed by atoms with E-state index in [-0.39, 0.29) is 5.91 Å². The van der Waals surface area contributed by atoms with E-state index in [1.54, 1.807) is 30.6 Å². The number of hydrogen-bond donors (Lipinski definition) is 3. The number of amides is 1. The van der Waals surface area contributed by atoms with E-state index in [2.05, 4.69) is 27.9 Å². The summed E-state index contributed by atoms with van der Waals surface area (Å²) in [5, 5.41) is 9.57. The summed E-state index contributed by atoms with van der Waals surface area (Å²) in [4.78, 5) is 29.1. The number of ether oxygens (including phenoxy) is 1. The largest absolute Gasteiger partial charge is 0.465 e. The Bertz CT molecular complexity index is 1170. The summed E-state index contributed by atoms with van der Waals surface area (Å²) in [7, 11) is 1.33. The van der Waals surface area contributed by atoms with Crippen LogP contribution in [0.3, 0.4) is 0 Å². The summed E-state index contributed by atoms with van der Waals surface area (Å²) in [6.45, 7) is 3.77. The van der Waals surface area contributed by atoms with Gasteiger partial charge in [0.05, 0.1) is 29.6 Å². The summed E-state index contributed by atoms with van der Waals surface area (Å²) >= 11 is 0. The molecule has 1 aliphatic heterocycles. The van der Waals surface area contributed by atoms with Crippen LogP contribution < -0.4 is 16.0 Å². The number of pyridine rings is 1. The number of hydrogen-bond acceptors (Lipinski definition) is 6. The van der Waals surface area contributed by atoms with Gasteiger partial charge in [-0.3, -0.25) is 9.78 Å². The minimum absolute atomic E-state index is 0.253. The number of anilines is 2. The van der Waals surface area contributed by atoms with Crippen LogP contribution >= 0.6 is 0 Å². The Balaban J connectivity index is 1.76. The number of carbonyl (C=O) groups excluding carboxylic acids is 2. The quantitative estimate of drug-likeness (QED) is 0.390. The number of carbonyl (C=O) groups is 2. The van der Waals surface area contributed by atoms with E-state index in [0.717, 1.165) is 24.3 Å². The van der Waals surface area contributed by atoms with Crippen LogP contribution in [0.4, 0.5) is 11.4 Å². The zero-order valence-corrected chi connectivity index (χ0v) is 17.9. The Morgan fingerprint density at radius 1 is 1.09 bits per heavy atom. The average molecular weight is 428 g/mol. The normalized spacial score (nSPS) is 13.9. The van der Waals surface area contributed by atoms with Gasteiger partial charge in [0.25, 0.3) is 5.91 Å². The van der Waals surface area contributed by atoms with E-state index >= 15 is 0 Å². The van der Waals surface area contributed by atoms with Crippen LogP contribution in [0.1, 0.15) is 34.0 Å². The van der Waals surface area contributed by atoms with Crippen LogP contribution in [0.5, 0.6) is 0 Å². The third-order valence-electron chi connectivity index (χ3n) is 5.19. The summed E-state index contributed by atoms with van der Waals surface area (Å²) < 4.78 is 4.79. The number of rotatable bonds is 7. The van der Waals surface area contributed by atoms with Gasteiger partial charge in [0.15, 0.2) is 0 Å². The molecule has 0 saturated carbocycles. The number of fused-ring (bicyclic) bond motifs is 1. The van der Waals surface area contributed by atoms with Gasteiger partial charge in [-0.05, 0) is 48.5 Å². The van der Waals surface area contributed by atoms with E-state index in [0.29, 0.717) is 28.1 Å². The molecule has 1 amide bonds. The minimum atomic E-state index is -0.456. The van der Waals surface area contributed by atoms with Gasteiger partial charge >= 0.3 is 5.97 Å². The second kappa shape index (κ2) is 9.45. The highest BCUT2D eigenvalue weighted by Gasteiger charge is 2.29. The maximum atomic E-state index is 13.0. The molecule has 4 rings (SSSR count). The van der Waals surface area contributed by atoms with Crippen molar-refractivity contribution in [1.82, 2.24) is 10.3 Å². The Hall–Kier alpha value is -3.97. The summed E-state index contributed by atoms with van der Waals surface area (Å²) in [5.74, 6) is -0.708. The monoisotopic (exact) mass is 428 g/mol. The van der Waals surface area contributed by atoms with E-state index in [9.17, 15) is 9.59 Å². The maximum Gasteiger partial charge on any atom is 0.337 e. The molecule has 0 bridgehead atoms. The highest BCUT2D eigenvalue weighted by Crippen LogP contribution is 2.38. The molecule has 0 aliphatic carbocycles. The summed E-state index contributed by atoms with van der Waals surface area (Å²) in [6.07, 6.45) is 3.40. The molecular formula is C25H24N4O3. The summed E-state index contributed by atoms with van der Waals surface area (Å²) in [5.41, 5.74) is 5.58. The second-order valence-corrected chi connectivity index (χ2v) is 7.30. The zero-order chi connectivity index (χ0) is 22.5. The van der Waals surface area contributed by atoms with Gasteiger partial charge in [0.1, 0.15) is 0 Å². The van der Waals surface area contributed by atoms with Gasteiger partial charge < -0.3 is 20.7 Å². The second-order valence-electron chi connectivity index (χ2n) is 7.30. The van der Waals surface area contributed by atoms with E-state index in [1.165, 1.54) is 12.7 Å². The van der Waals surface area contributed by atoms with Gasteiger partial charge in [0.2, 0.25) is 0 Å². The lowest BCUT2D eigenvalue weighted by Crippen LogP contribution is -2.12. The molecule has 0 saturated heterocycles. The summed E-state index contributed by atoms with van der Waals surface area (Å²) in [6, 6.07) is 16.8. The predicted octanol–water partition coefficient (Wildman–Crippen LogP) is 3.91. The number of benzene rings is 2. The molecule has 0 atom stereocenters.